The minimum absolute atomic E-state index is 0.431. The summed E-state index contributed by atoms with van der Waals surface area (Å²) in [4.78, 5) is 2.61. The van der Waals surface area contributed by atoms with E-state index in [1.165, 1.54) is 45.2 Å². The minimum Gasteiger partial charge on any atom is -0.326 e. The van der Waals surface area contributed by atoms with Crippen LogP contribution in [0.25, 0.3) is 0 Å². The normalized spacial score (nSPS) is 35.4. The maximum Gasteiger partial charge on any atom is 0.0196 e. The molecule has 16 heavy (non-hydrogen) atoms. The first-order chi connectivity index (χ1) is 7.65. The second kappa shape index (κ2) is 5.50. The molecule has 94 valence electrons. The summed E-state index contributed by atoms with van der Waals surface area (Å²) in [6.45, 7) is 8.43. The number of nitrogens with zero attached hydrogens (tertiary/aromatic N) is 1. The van der Waals surface area contributed by atoms with Crippen LogP contribution >= 0.6 is 0 Å². The number of hydrogen-bond acceptors (Lipinski definition) is 2. The Morgan fingerprint density at radius 3 is 2.25 bits per heavy atom. The Labute approximate surface area is 101 Å². The number of likely N-dealkylation sites (tertiary alicyclic amines) is 1. The zero-order valence-electron chi connectivity index (χ0n) is 11.0. The van der Waals surface area contributed by atoms with Gasteiger partial charge in [0.25, 0.3) is 0 Å². The van der Waals surface area contributed by atoms with Gasteiger partial charge in [0.1, 0.15) is 0 Å². The SMILES string of the molecule is CC1CC(C)CN(CC(N)C2CCCC2)C1. The third-order valence-electron chi connectivity index (χ3n) is 4.42. The maximum atomic E-state index is 6.36. The largest absolute Gasteiger partial charge is 0.326 e. The van der Waals surface area contributed by atoms with Crippen molar-refractivity contribution in [3.8, 4) is 0 Å². The van der Waals surface area contributed by atoms with Gasteiger partial charge in [-0.3, -0.25) is 0 Å². The highest BCUT2D eigenvalue weighted by Gasteiger charge is 2.27. The van der Waals surface area contributed by atoms with Gasteiger partial charge in [-0.15, -0.1) is 0 Å². The lowest BCUT2D eigenvalue weighted by Gasteiger charge is -2.37. The minimum atomic E-state index is 0.431. The molecule has 2 N–H and O–H groups in total. The van der Waals surface area contributed by atoms with E-state index in [0.29, 0.717) is 6.04 Å². The van der Waals surface area contributed by atoms with Crippen molar-refractivity contribution in [2.24, 2.45) is 23.5 Å². The highest BCUT2D eigenvalue weighted by atomic mass is 15.1. The van der Waals surface area contributed by atoms with Crippen LogP contribution in [0, 0.1) is 17.8 Å². The summed E-state index contributed by atoms with van der Waals surface area (Å²) < 4.78 is 0. The molecule has 0 aromatic carbocycles. The standard InChI is InChI=1S/C14H28N2/c1-11-7-12(2)9-16(8-11)10-14(15)13-5-3-4-6-13/h11-14H,3-10,15H2,1-2H3. The second-order valence-corrected chi connectivity index (χ2v) is 6.37. The molecule has 0 amide bonds. The van der Waals surface area contributed by atoms with Gasteiger partial charge in [-0.25, -0.2) is 0 Å². The first-order valence-electron chi connectivity index (χ1n) is 7.13. The van der Waals surface area contributed by atoms with Crippen molar-refractivity contribution in [2.45, 2.75) is 52.0 Å². The molecule has 0 bridgehead atoms. The number of nitrogens with two attached hydrogens (primary N) is 1. The summed E-state index contributed by atoms with van der Waals surface area (Å²) in [5.41, 5.74) is 6.36. The van der Waals surface area contributed by atoms with Gasteiger partial charge in [-0.2, -0.15) is 0 Å². The molecule has 3 atom stereocenters. The molecular weight excluding hydrogens is 196 g/mol. The van der Waals surface area contributed by atoms with E-state index < -0.39 is 0 Å². The van der Waals surface area contributed by atoms with Gasteiger partial charge in [0.15, 0.2) is 0 Å². The quantitative estimate of drug-likeness (QED) is 0.798. The van der Waals surface area contributed by atoms with Gasteiger partial charge in [-0.1, -0.05) is 26.7 Å². The van der Waals surface area contributed by atoms with Crippen molar-refractivity contribution in [3.63, 3.8) is 0 Å². The zero-order chi connectivity index (χ0) is 11.5. The van der Waals surface area contributed by atoms with Gasteiger partial charge >= 0.3 is 0 Å². The molecule has 1 saturated carbocycles. The highest BCUT2D eigenvalue weighted by molar-refractivity contribution is 4.83. The lowest BCUT2D eigenvalue weighted by Crippen LogP contribution is -2.47. The Morgan fingerprint density at radius 2 is 1.69 bits per heavy atom. The predicted octanol–water partition coefficient (Wildman–Crippen LogP) is 2.48. The first kappa shape index (κ1) is 12.4. The molecule has 1 aliphatic carbocycles. The fourth-order valence-corrected chi connectivity index (χ4v) is 3.77. The van der Waals surface area contributed by atoms with Gasteiger partial charge in [0, 0.05) is 25.7 Å². The fourth-order valence-electron chi connectivity index (χ4n) is 3.77. The zero-order valence-corrected chi connectivity index (χ0v) is 11.0. The van der Waals surface area contributed by atoms with Crippen LogP contribution in [-0.4, -0.2) is 30.6 Å². The fraction of sp³-hybridized carbons (Fsp3) is 1.00. The topological polar surface area (TPSA) is 29.3 Å². The molecule has 2 aliphatic rings. The molecule has 2 nitrogen and oxygen atoms in total. The van der Waals surface area contributed by atoms with Crippen molar-refractivity contribution in [3.05, 3.63) is 0 Å². The average molecular weight is 224 g/mol. The number of hydrogen-bond donors (Lipinski definition) is 1. The van der Waals surface area contributed by atoms with Gasteiger partial charge in [0.2, 0.25) is 0 Å². The Kier molecular flexibility index (Phi) is 4.26. The van der Waals surface area contributed by atoms with Crippen LogP contribution in [0.1, 0.15) is 46.0 Å². The molecule has 0 radical (unpaired) electrons. The summed E-state index contributed by atoms with van der Waals surface area (Å²) in [7, 11) is 0. The monoisotopic (exact) mass is 224 g/mol. The summed E-state index contributed by atoms with van der Waals surface area (Å²) in [6.07, 6.45) is 6.96. The van der Waals surface area contributed by atoms with E-state index in [1.54, 1.807) is 0 Å². The molecule has 2 fully saturated rings. The van der Waals surface area contributed by atoms with E-state index in [2.05, 4.69) is 18.7 Å². The van der Waals surface area contributed by atoms with Gasteiger partial charge in [0.05, 0.1) is 0 Å². The second-order valence-electron chi connectivity index (χ2n) is 6.37. The third-order valence-corrected chi connectivity index (χ3v) is 4.42. The molecule has 3 unspecified atom stereocenters. The van der Waals surface area contributed by atoms with Crippen LogP contribution in [0.5, 0.6) is 0 Å². The number of rotatable bonds is 3. The van der Waals surface area contributed by atoms with Gasteiger partial charge < -0.3 is 10.6 Å². The molecule has 0 aromatic rings. The van der Waals surface area contributed by atoms with Crippen molar-refractivity contribution < 1.29 is 0 Å². The molecule has 2 rings (SSSR count). The van der Waals surface area contributed by atoms with Crippen molar-refractivity contribution in [2.75, 3.05) is 19.6 Å². The molecule has 2 heteroatoms. The Morgan fingerprint density at radius 1 is 1.12 bits per heavy atom. The maximum absolute atomic E-state index is 6.36. The van der Waals surface area contributed by atoms with E-state index >= 15 is 0 Å². The Balaban J connectivity index is 1.79. The smallest absolute Gasteiger partial charge is 0.0196 e. The van der Waals surface area contributed by atoms with Crippen LogP contribution in [-0.2, 0) is 0 Å². The van der Waals surface area contributed by atoms with Crippen molar-refractivity contribution >= 4 is 0 Å². The molecule has 1 saturated heterocycles. The lowest BCUT2D eigenvalue weighted by molar-refractivity contribution is 0.125. The van der Waals surface area contributed by atoms with E-state index in [4.69, 9.17) is 5.73 Å². The van der Waals surface area contributed by atoms with E-state index in [0.717, 1.165) is 24.3 Å². The highest BCUT2D eigenvalue weighted by Crippen LogP contribution is 2.28. The van der Waals surface area contributed by atoms with Crippen LogP contribution < -0.4 is 5.73 Å². The van der Waals surface area contributed by atoms with Crippen molar-refractivity contribution in [1.29, 1.82) is 0 Å². The molecule has 0 aromatic heterocycles. The van der Waals surface area contributed by atoms with E-state index in [-0.39, 0.29) is 0 Å². The van der Waals surface area contributed by atoms with Crippen molar-refractivity contribution in [1.82, 2.24) is 4.90 Å². The Bertz CT molecular complexity index is 201. The van der Waals surface area contributed by atoms with Crippen LogP contribution in [0.2, 0.25) is 0 Å². The van der Waals surface area contributed by atoms with Crippen LogP contribution in [0.15, 0.2) is 0 Å². The molecule has 0 spiro atoms. The van der Waals surface area contributed by atoms with Crippen LogP contribution in [0.3, 0.4) is 0 Å². The number of piperidine rings is 1. The third kappa shape index (κ3) is 3.21. The lowest BCUT2D eigenvalue weighted by atomic mass is 9.90. The summed E-state index contributed by atoms with van der Waals surface area (Å²) in [6, 6.07) is 0.431. The predicted molar refractivity (Wildman–Crippen MR) is 69.3 cm³/mol. The van der Waals surface area contributed by atoms with E-state index in [9.17, 15) is 0 Å². The molecule has 1 heterocycles. The van der Waals surface area contributed by atoms with Crippen LogP contribution in [0.4, 0.5) is 0 Å². The van der Waals surface area contributed by atoms with Gasteiger partial charge in [-0.05, 0) is 37.0 Å². The summed E-state index contributed by atoms with van der Waals surface area (Å²) in [5, 5.41) is 0. The molecule has 1 aliphatic heterocycles. The van der Waals surface area contributed by atoms with E-state index in [1.807, 2.05) is 0 Å². The Hall–Kier alpha value is -0.0800. The first-order valence-corrected chi connectivity index (χ1v) is 7.13. The average Bonchev–Trinajstić information content (AvgIpc) is 2.68. The molecular formula is C14H28N2. The summed E-state index contributed by atoms with van der Waals surface area (Å²) in [5.74, 6) is 2.53. The summed E-state index contributed by atoms with van der Waals surface area (Å²) >= 11 is 0.